The molecule has 0 aliphatic rings. The van der Waals surface area contributed by atoms with Gasteiger partial charge in [-0.2, -0.15) is 19.8 Å². The van der Waals surface area contributed by atoms with Gasteiger partial charge in [0, 0.05) is 0 Å². The normalized spacial score (nSPS) is 9.00. The predicted molar refractivity (Wildman–Crippen MR) is 50.8 cm³/mol. The van der Waals surface area contributed by atoms with Crippen LogP contribution in [-0.4, -0.2) is 23.1 Å². The second-order valence-corrected chi connectivity index (χ2v) is 2.59. The van der Waals surface area contributed by atoms with Crippen LogP contribution in [0.3, 0.4) is 0 Å². The minimum Gasteiger partial charge on any atom is -0.358 e. The fourth-order valence-corrected chi connectivity index (χ4v) is 1.11. The van der Waals surface area contributed by atoms with Gasteiger partial charge < -0.3 is 13.3 Å². The zero-order chi connectivity index (χ0) is 6.57. The standard InChI is InChI=1S/C8H17.CH3.Mg/c1-5-8(6-2)7(3)4;;/h8H,5-6H2,1-4H3;1H3;/q2*-1;+2. The maximum atomic E-state index is 2.25. The third-order valence-corrected chi connectivity index (χ3v) is 1.80. The molecule has 0 spiro atoms. The van der Waals surface area contributed by atoms with Crippen molar-refractivity contribution in [1.82, 2.24) is 0 Å². The van der Waals surface area contributed by atoms with E-state index in [0.29, 0.717) is 0 Å². The molecular formula is C9H20Mg. The summed E-state index contributed by atoms with van der Waals surface area (Å²) < 4.78 is 0. The first-order valence-corrected chi connectivity index (χ1v) is 3.52. The molecule has 58 valence electrons. The summed E-state index contributed by atoms with van der Waals surface area (Å²) in [5.41, 5.74) is 0. The molecular weight excluding hydrogens is 132 g/mol. The van der Waals surface area contributed by atoms with Gasteiger partial charge in [0.15, 0.2) is 0 Å². The van der Waals surface area contributed by atoms with Crippen molar-refractivity contribution < 1.29 is 0 Å². The van der Waals surface area contributed by atoms with Gasteiger partial charge in [-0.3, -0.25) is 0 Å². The maximum Gasteiger partial charge on any atom is 2.00 e. The molecule has 0 radical (unpaired) electrons. The largest absolute Gasteiger partial charge is 2.00 e. The molecule has 0 saturated carbocycles. The van der Waals surface area contributed by atoms with Crippen LogP contribution in [0.4, 0.5) is 0 Å². The van der Waals surface area contributed by atoms with Gasteiger partial charge in [-0.25, -0.2) is 0 Å². The Morgan fingerprint density at radius 1 is 1.10 bits per heavy atom. The van der Waals surface area contributed by atoms with Crippen molar-refractivity contribution in [3.63, 3.8) is 0 Å². The average molecular weight is 153 g/mol. The van der Waals surface area contributed by atoms with E-state index in [9.17, 15) is 0 Å². The molecule has 0 aliphatic heterocycles. The van der Waals surface area contributed by atoms with Crippen molar-refractivity contribution in [2.75, 3.05) is 0 Å². The summed E-state index contributed by atoms with van der Waals surface area (Å²) in [5, 5.41) is 0. The van der Waals surface area contributed by atoms with Crippen molar-refractivity contribution in [2.24, 2.45) is 5.92 Å². The van der Waals surface area contributed by atoms with Gasteiger partial charge in [-0.15, -0.1) is 0 Å². The van der Waals surface area contributed by atoms with Crippen molar-refractivity contribution >= 4 is 23.1 Å². The first-order chi connectivity index (χ1) is 3.72. The Hall–Kier alpha value is 0.766. The van der Waals surface area contributed by atoms with E-state index in [1.165, 1.54) is 12.8 Å². The van der Waals surface area contributed by atoms with Crippen LogP contribution in [-0.2, 0) is 0 Å². The molecule has 0 unspecified atom stereocenters. The molecule has 0 rings (SSSR count). The Balaban J connectivity index is -0.000000245. The molecule has 0 bridgehead atoms. The molecule has 0 aromatic carbocycles. The van der Waals surface area contributed by atoms with Gasteiger partial charge in [-0.05, 0) is 0 Å². The van der Waals surface area contributed by atoms with E-state index in [1.54, 1.807) is 5.92 Å². The fraction of sp³-hybridized carbons (Fsp3) is 0.778. The zero-order valence-electron chi connectivity index (χ0n) is 8.20. The smallest absolute Gasteiger partial charge is 0.358 e. The van der Waals surface area contributed by atoms with E-state index in [2.05, 4.69) is 27.7 Å². The van der Waals surface area contributed by atoms with Gasteiger partial charge in [0.2, 0.25) is 0 Å². The third-order valence-electron chi connectivity index (χ3n) is 1.80. The summed E-state index contributed by atoms with van der Waals surface area (Å²) >= 11 is 0. The van der Waals surface area contributed by atoms with E-state index in [0.717, 1.165) is 5.92 Å². The van der Waals surface area contributed by atoms with Crippen LogP contribution in [0.1, 0.15) is 40.5 Å². The number of rotatable bonds is 3. The van der Waals surface area contributed by atoms with Crippen molar-refractivity contribution in [3.05, 3.63) is 13.3 Å². The summed E-state index contributed by atoms with van der Waals surface area (Å²) in [5.74, 6) is 2.45. The SMILES string of the molecule is CCC(CC)[C-](C)C.[CH3-].[Mg+2]. The van der Waals surface area contributed by atoms with Gasteiger partial charge in [0.25, 0.3) is 0 Å². The molecule has 0 heterocycles. The molecule has 0 fully saturated rings. The van der Waals surface area contributed by atoms with Gasteiger partial charge >= 0.3 is 23.1 Å². The van der Waals surface area contributed by atoms with Crippen molar-refractivity contribution in [1.29, 1.82) is 0 Å². The monoisotopic (exact) mass is 152 g/mol. The number of hydrogen-bond donors (Lipinski definition) is 0. The average Bonchev–Trinajstić information content (AvgIpc) is 1.69. The van der Waals surface area contributed by atoms with Crippen LogP contribution in [0.2, 0.25) is 0 Å². The number of hydrogen-bond acceptors (Lipinski definition) is 0. The molecule has 1 heteroatoms. The minimum absolute atomic E-state index is 0. The Morgan fingerprint density at radius 2 is 1.40 bits per heavy atom. The quantitative estimate of drug-likeness (QED) is 0.431. The summed E-state index contributed by atoms with van der Waals surface area (Å²) in [6.07, 6.45) is 2.61. The van der Waals surface area contributed by atoms with Crippen LogP contribution >= 0.6 is 0 Å². The van der Waals surface area contributed by atoms with E-state index in [4.69, 9.17) is 0 Å². The summed E-state index contributed by atoms with van der Waals surface area (Å²) in [4.78, 5) is 0. The topological polar surface area (TPSA) is 0 Å². The van der Waals surface area contributed by atoms with E-state index in [-0.39, 0.29) is 30.5 Å². The molecule has 0 saturated heterocycles. The van der Waals surface area contributed by atoms with Crippen molar-refractivity contribution in [3.8, 4) is 0 Å². The van der Waals surface area contributed by atoms with Crippen LogP contribution in [0, 0.1) is 19.3 Å². The molecule has 0 aromatic heterocycles. The van der Waals surface area contributed by atoms with Crippen LogP contribution in [0.5, 0.6) is 0 Å². The van der Waals surface area contributed by atoms with Gasteiger partial charge in [-0.1, -0.05) is 26.7 Å². The van der Waals surface area contributed by atoms with Crippen LogP contribution < -0.4 is 0 Å². The molecule has 0 N–H and O–H groups in total. The molecule has 0 aromatic rings. The second kappa shape index (κ2) is 9.77. The van der Waals surface area contributed by atoms with Gasteiger partial charge in [0.05, 0.1) is 0 Å². The molecule has 0 nitrogen and oxygen atoms in total. The second-order valence-electron chi connectivity index (χ2n) is 2.59. The summed E-state index contributed by atoms with van der Waals surface area (Å²) in [7, 11) is 0. The predicted octanol–water partition coefficient (Wildman–Crippen LogP) is 3.11. The summed E-state index contributed by atoms with van der Waals surface area (Å²) in [6, 6.07) is 0. The van der Waals surface area contributed by atoms with E-state index >= 15 is 0 Å². The Bertz CT molecular complexity index is 46.7. The Morgan fingerprint density at radius 3 is 1.40 bits per heavy atom. The minimum atomic E-state index is 0. The molecule has 10 heavy (non-hydrogen) atoms. The molecule has 0 atom stereocenters. The van der Waals surface area contributed by atoms with Crippen LogP contribution in [0.15, 0.2) is 0 Å². The van der Waals surface area contributed by atoms with E-state index < -0.39 is 0 Å². The first kappa shape index (κ1) is 17.0. The third kappa shape index (κ3) is 6.88. The maximum absolute atomic E-state index is 2.25. The first-order valence-electron chi connectivity index (χ1n) is 3.52. The van der Waals surface area contributed by atoms with Crippen molar-refractivity contribution in [2.45, 2.75) is 40.5 Å². The molecule has 0 aliphatic carbocycles. The van der Waals surface area contributed by atoms with E-state index in [1.807, 2.05) is 0 Å². The molecule has 0 amide bonds. The Kier molecular flexibility index (Phi) is 16.6. The fourth-order valence-electron chi connectivity index (χ4n) is 1.11. The Labute approximate surface area is 82.9 Å². The van der Waals surface area contributed by atoms with Crippen LogP contribution in [0.25, 0.3) is 0 Å². The zero-order valence-corrected chi connectivity index (χ0v) is 9.61. The van der Waals surface area contributed by atoms with Gasteiger partial charge in [0.1, 0.15) is 0 Å². The summed E-state index contributed by atoms with van der Waals surface area (Å²) in [6.45, 7) is 8.94.